The van der Waals surface area contributed by atoms with Crippen LogP contribution in [0, 0.1) is 0 Å². The fourth-order valence-electron chi connectivity index (χ4n) is 7.19. The van der Waals surface area contributed by atoms with Gasteiger partial charge < -0.3 is 4.74 Å². The molecule has 0 spiro atoms. The fourth-order valence-corrected chi connectivity index (χ4v) is 7.19. The first kappa shape index (κ1) is 29.0. The van der Waals surface area contributed by atoms with E-state index >= 15 is 0 Å². The standard InChI is InChI=1S/C47H29N3O/c1-4-11-30(12-5-1)33-19-20-35-28-36(22-21-34(35)27-33)46-48-45(32-15-8-3-9-16-32)49-47(50-46)37-23-25-42-41(29-37)40-18-10-17-39-38(31-13-6-2-7-14-31)24-26-43(51-42)44(39)40/h1-29H. The Morgan fingerprint density at radius 2 is 0.863 bits per heavy atom. The minimum atomic E-state index is 0.609. The first-order chi connectivity index (χ1) is 25.2. The third-order valence-corrected chi connectivity index (χ3v) is 9.71. The van der Waals surface area contributed by atoms with Crippen LogP contribution in [0.5, 0.6) is 11.5 Å². The van der Waals surface area contributed by atoms with Gasteiger partial charge >= 0.3 is 0 Å². The van der Waals surface area contributed by atoms with Gasteiger partial charge in [-0.05, 0) is 80.4 Å². The number of nitrogens with zero attached hydrogens (tertiary/aromatic N) is 3. The molecule has 4 heteroatoms. The monoisotopic (exact) mass is 651 g/mol. The highest BCUT2D eigenvalue weighted by atomic mass is 16.5. The van der Waals surface area contributed by atoms with Gasteiger partial charge in [0.1, 0.15) is 11.5 Å². The van der Waals surface area contributed by atoms with E-state index in [4.69, 9.17) is 19.7 Å². The summed E-state index contributed by atoms with van der Waals surface area (Å²) in [6.07, 6.45) is 0. The normalized spacial score (nSPS) is 11.7. The van der Waals surface area contributed by atoms with Crippen molar-refractivity contribution in [1.29, 1.82) is 0 Å². The Morgan fingerprint density at radius 3 is 1.57 bits per heavy atom. The molecule has 0 radical (unpaired) electrons. The molecule has 238 valence electrons. The summed E-state index contributed by atoms with van der Waals surface area (Å²) >= 11 is 0. The number of hydrogen-bond donors (Lipinski definition) is 0. The topological polar surface area (TPSA) is 47.9 Å². The lowest BCUT2D eigenvalue weighted by molar-refractivity contribution is 0.487. The van der Waals surface area contributed by atoms with Crippen LogP contribution in [0.25, 0.3) is 89.1 Å². The Bertz CT molecular complexity index is 2760. The van der Waals surface area contributed by atoms with E-state index in [2.05, 4.69) is 121 Å². The molecule has 0 N–H and O–H groups in total. The lowest BCUT2D eigenvalue weighted by atomic mass is 9.90. The highest BCUT2D eigenvalue weighted by molar-refractivity contribution is 6.10. The lowest BCUT2D eigenvalue weighted by Gasteiger charge is -2.23. The maximum Gasteiger partial charge on any atom is 0.164 e. The summed E-state index contributed by atoms with van der Waals surface area (Å²) in [5.74, 6) is 3.54. The predicted octanol–water partition coefficient (Wildman–Crippen LogP) is 12.3. The zero-order valence-corrected chi connectivity index (χ0v) is 27.5. The van der Waals surface area contributed by atoms with E-state index in [0.717, 1.165) is 60.9 Å². The van der Waals surface area contributed by atoms with Crippen molar-refractivity contribution in [3.05, 3.63) is 176 Å². The minimum Gasteiger partial charge on any atom is -0.456 e. The molecule has 0 saturated heterocycles. The zero-order valence-electron chi connectivity index (χ0n) is 27.5. The van der Waals surface area contributed by atoms with Gasteiger partial charge in [0.25, 0.3) is 0 Å². The van der Waals surface area contributed by atoms with Crippen LogP contribution in [0.4, 0.5) is 0 Å². The van der Waals surface area contributed by atoms with Crippen LogP contribution in [0.2, 0.25) is 0 Å². The molecule has 0 saturated carbocycles. The van der Waals surface area contributed by atoms with Crippen LogP contribution in [0.1, 0.15) is 0 Å². The molecule has 0 bridgehead atoms. The predicted molar refractivity (Wildman–Crippen MR) is 208 cm³/mol. The fraction of sp³-hybridized carbons (Fsp3) is 0. The Balaban J connectivity index is 1.10. The summed E-state index contributed by atoms with van der Waals surface area (Å²) in [4.78, 5) is 15.2. The van der Waals surface area contributed by atoms with Crippen LogP contribution < -0.4 is 4.74 Å². The lowest BCUT2D eigenvalue weighted by Crippen LogP contribution is -2.02. The second-order valence-electron chi connectivity index (χ2n) is 12.8. The molecule has 0 unspecified atom stereocenters. The van der Waals surface area contributed by atoms with Crippen molar-refractivity contribution in [2.75, 3.05) is 0 Å². The van der Waals surface area contributed by atoms with E-state index in [-0.39, 0.29) is 0 Å². The molecule has 9 aromatic rings. The Kier molecular flexibility index (Phi) is 6.78. The zero-order chi connectivity index (χ0) is 33.7. The molecule has 0 fully saturated rings. The van der Waals surface area contributed by atoms with Crippen molar-refractivity contribution in [3.8, 4) is 79.0 Å². The molecular weight excluding hydrogens is 623 g/mol. The smallest absolute Gasteiger partial charge is 0.164 e. The molecule has 51 heavy (non-hydrogen) atoms. The number of rotatable bonds is 5. The number of hydrogen-bond acceptors (Lipinski definition) is 4. The van der Waals surface area contributed by atoms with Crippen molar-refractivity contribution in [3.63, 3.8) is 0 Å². The first-order valence-corrected chi connectivity index (χ1v) is 17.1. The van der Waals surface area contributed by atoms with Crippen molar-refractivity contribution in [1.82, 2.24) is 15.0 Å². The number of benzene rings is 8. The maximum atomic E-state index is 6.54. The number of aromatic nitrogens is 3. The Hall–Kier alpha value is -6.91. The SMILES string of the molecule is c1ccc(-c2ccc3cc(-c4nc(-c5ccccc5)nc(-c5ccc6c(c5)-c5cccc7c(-c8ccccc8)ccc(c57)O6)n4)ccc3c2)cc1. The number of fused-ring (bicyclic) bond motifs is 3. The van der Waals surface area contributed by atoms with Gasteiger partial charge in [-0.2, -0.15) is 0 Å². The molecule has 1 aliphatic heterocycles. The van der Waals surface area contributed by atoms with Crippen LogP contribution in [-0.4, -0.2) is 15.0 Å². The van der Waals surface area contributed by atoms with E-state index in [9.17, 15) is 0 Å². The molecule has 1 aliphatic rings. The van der Waals surface area contributed by atoms with Crippen LogP contribution >= 0.6 is 0 Å². The summed E-state index contributed by atoms with van der Waals surface area (Å²) in [6, 6.07) is 61.0. The van der Waals surface area contributed by atoms with Crippen molar-refractivity contribution < 1.29 is 4.74 Å². The van der Waals surface area contributed by atoms with Gasteiger partial charge in [-0.25, -0.2) is 15.0 Å². The Morgan fingerprint density at radius 1 is 0.314 bits per heavy atom. The molecule has 1 aromatic heterocycles. The van der Waals surface area contributed by atoms with E-state index in [1.807, 2.05) is 54.6 Å². The third-order valence-electron chi connectivity index (χ3n) is 9.71. The average Bonchev–Trinajstić information content (AvgIpc) is 3.21. The van der Waals surface area contributed by atoms with Gasteiger partial charge in [-0.15, -0.1) is 0 Å². The second-order valence-corrected chi connectivity index (χ2v) is 12.8. The van der Waals surface area contributed by atoms with Gasteiger partial charge in [-0.3, -0.25) is 0 Å². The second kappa shape index (κ2) is 11.9. The summed E-state index contributed by atoms with van der Waals surface area (Å²) in [5, 5.41) is 4.56. The highest BCUT2D eigenvalue weighted by Crippen LogP contribution is 2.49. The molecule has 10 rings (SSSR count). The molecule has 0 atom stereocenters. The first-order valence-electron chi connectivity index (χ1n) is 17.1. The van der Waals surface area contributed by atoms with Crippen molar-refractivity contribution in [2.45, 2.75) is 0 Å². The summed E-state index contributed by atoms with van der Waals surface area (Å²) < 4.78 is 6.54. The van der Waals surface area contributed by atoms with Crippen LogP contribution in [0.3, 0.4) is 0 Å². The van der Waals surface area contributed by atoms with Gasteiger partial charge in [0.05, 0.1) is 0 Å². The summed E-state index contributed by atoms with van der Waals surface area (Å²) in [6.45, 7) is 0. The van der Waals surface area contributed by atoms with Gasteiger partial charge in [0.15, 0.2) is 17.5 Å². The van der Waals surface area contributed by atoms with Crippen molar-refractivity contribution >= 4 is 21.5 Å². The molecule has 0 amide bonds. The van der Waals surface area contributed by atoms with E-state index < -0.39 is 0 Å². The highest BCUT2D eigenvalue weighted by Gasteiger charge is 2.23. The van der Waals surface area contributed by atoms with E-state index in [1.54, 1.807) is 0 Å². The van der Waals surface area contributed by atoms with Gasteiger partial charge in [0, 0.05) is 27.6 Å². The van der Waals surface area contributed by atoms with Crippen molar-refractivity contribution in [2.24, 2.45) is 0 Å². The van der Waals surface area contributed by atoms with E-state index in [0.29, 0.717) is 17.5 Å². The molecule has 8 aromatic carbocycles. The van der Waals surface area contributed by atoms with E-state index in [1.165, 1.54) is 22.3 Å². The van der Waals surface area contributed by atoms with Gasteiger partial charge in [-0.1, -0.05) is 140 Å². The molecule has 2 heterocycles. The summed E-state index contributed by atoms with van der Waals surface area (Å²) in [5.41, 5.74) is 9.65. The van der Waals surface area contributed by atoms with Crippen LogP contribution in [-0.2, 0) is 0 Å². The average molecular weight is 652 g/mol. The Labute approximate surface area is 295 Å². The minimum absolute atomic E-state index is 0.609. The molecule has 4 nitrogen and oxygen atoms in total. The third kappa shape index (κ3) is 5.13. The summed E-state index contributed by atoms with van der Waals surface area (Å²) in [7, 11) is 0. The quantitative estimate of drug-likeness (QED) is 0.186. The number of ether oxygens (including phenoxy) is 1. The van der Waals surface area contributed by atoms with Crippen LogP contribution in [0.15, 0.2) is 176 Å². The molecule has 0 aliphatic carbocycles. The largest absolute Gasteiger partial charge is 0.456 e. The van der Waals surface area contributed by atoms with Gasteiger partial charge in [0.2, 0.25) is 0 Å². The maximum absolute atomic E-state index is 6.54. The molecular formula is C47H29N3O.